The summed E-state index contributed by atoms with van der Waals surface area (Å²) in [6.07, 6.45) is 5.57. The van der Waals surface area contributed by atoms with E-state index in [1.54, 1.807) is 24.7 Å². The Morgan fingerprint density at radius 1 is 0.971 bits per heavy atom. The molecular formula is C25H18F2N6O. The van der Waals surface area contributed by atoms with E-state index in [1.807, 2.05) is 28.8 Å². The maximum absolute atomic E-state index is 13.8. The van der Waals surface area contributed by atoms with Gasteiger partial charge in [-0.3, -0.25) is 9.36 Å². The van der Waals surface area contributed by atoms with Gasteiger partial charge in [0.05, 0.1) is 28.6 Å². The number of pyridine rings is 1. The molecule has 1 amide bonds. The summed E-state index contributed by atoms with van der Waals surface area (Å²) < 4.78 is 30.6. The summed E-state index contributed by atoms with van der Waals surface area (Å²) in [5.41, 5.74) is 4.66. The molecule has 34 heavy (non-hydrogen) atoms. The molecule has 0 spiro atoms. The monoisotopic (exact) mass is 456 g/mol. The lowest BCUT2D eigenvalue weighted by molar-refractivity contribution is 0.102. The molecule has 3 aromatic heterocycles. The highest BCUT2D eigenvalue weighted by molar-refractivity contribution is 6.04. The number of nitrogens with one attached hydrogen (secondary N) is 1. The molecule has 0 saturated heterocycles. The third-order valence-electron chi connectivity index (χ3n) is 6.00. The maximum atomic E-state index is 13.8. The summed E-state index contributed by atoms with van der Waals surface area (Å²) in [4.78, 5) is 21.9. The van der Waals surface area contributed by atoms with E-state index in [1.165, 1.54) is 10.7 Å². The fraction of sp³-hybridized carbons (Fsp3) is 0.120. The van der Waals surface area contributed by atoms with Crippen molar-refractivity contribution < 1.29 is 13.6 Å². The fourth-order valence-electron chi connectivity index (χ4n) is 4.38. The fourth-order valence-corrected chi connectivity index (χ4v) is 4.38. The molecule has 0 bridgehead atoms. The number of imidazole rings is 1. The molecule has 0 atom stereocenters. The van der Waals surface area contributed by atoms with Crippen molar-refractivity contribution in [2.24, 2.45) is 0 Å². The minimum Gasteiger partial charge on any atom is -0.319 e. The maximum Gasteiger partial charge on any atom is 0.276 e. The first kappa shape index (κ1) is 20.2. The van der Waals surface area contributed by atoms with Crippen molar-refractivity contribution in [3.63, 3.8) is 0 Å². The molecule has 0 aliphatic heterocycles. The zero-order valence-electron chi connectivity index (χ0n) is 17.9. The van der Waals surface area contributed by atoms with Gasteiger partial charge in [0.2, 0.25) is 0 Å². The van der Waals surface area contributed by atoms with Crippen LogP contribution < -0.4 is 5.32 Å². The number of halogens is 2. The summed E-state index contributed by atoms with van der Waals surface area (Å²) in [5.74, 6) is -1.58. The van der Waals surface area contributed by atoms with Crippen LogP contribution in [0.1, 0.15) is 28.2 Å². The van der Waals surface area contributed by atoms with Crippen LogP contribution in [0.25, 0.3) is 22.5 Å². The van der Waals surface area contributed by atoms with Crippen LogP contribution in [0.15, 0.2) is 67.1 Å². The number of rotatable bonds is 4. The molecular weight excluding hydrogens is 438 g/mol. The van der Waals surface area contributed by atoms with Gasteiger partial charge in [-0.15, -0.1) is 0 Å². The number of hydrogen-bond acceptors (Lipinski definition) is 4. The molecule has 168 valence electrons. The summed E-state index contributed by atoms with van der Waals surface area (Å²) in [6.45, 7) is 0. The SMILES string of the molecule is O=C(Nc1ccc(-n2cnc3ccccc32)nc1)c1nn(-c2ccc(F)c(F)c2)c2c1CCC2. The van der Waals surface area contributed by atoms with Gasteiger partial charge in [-0.2, -0.15) is 5.10 Å². The Balaban J connectivity index is 1.27. The number of carbonyl (C=O) groups excluding carboxylic acids is 1. The minimum atomic E-state index is -0.956. The average molecular weight is 456 g/mol. The lowest BCUT2D eigenvalue weighted by atomic mass is 10.2. The summed E-state index contributed by atoms with van der Waals surface area (Å²) in [6, 6.07) is 14.9. The molecule has 1 aliphatic rings. The molecule has 0 unspecified atom stereocenters. The molecule has 3 heterocycles. The number of benzene rings is 2. The Kier molecular flexibility index (Phi) is 4.68. The van der Waals surface area contributed by atoms with Crippen LogP contribution in [-0.2, 0) is 12.8 Å². The van der Waals surface area contributed by atoms with Crippen LogP contribution in [0.5, 0.6) is 0 Å². The van der Waals surface area contributed by atoms with Crippen LogP contribution in [0.2, 0.25) is 0 Å². The lowest BCUT2D eigenvalue weighted by Crippen LogP contribution is -2.15. The largest absolute Gasteiger partial charge is 0.319 e. The quantitative estimate of drug-likeness (QED) is 0.428. The number of nitrogens with zero attached hydrogens (tertiary/aromatic N) is 5. The van der Waals surface area contributed by atoms with Crippen molar-refractivity contribution >= 4 is 22.6 Å². The summed E-state index contributed by atoms with van der Waals surface area (Å²) in [7, 11) is 0. The highest BCUT2D eigenvalue weighted by Gasteiger charge is 2.27. The second-order valence-electron chi connectivity index (χ2n) is 8.10. The van der Waals surface area contributed by atoms with Gasteiger partial charge >= 0.3 is 0 Å². The number of anilines is 1. The van der Waals surface area contributed by atoms with Gasteiger partial charge in [0.25, 0.3) is 5.91 Å². The van der Waals surface area contributed by atoms with Gasteiger partial charge in [0, 0.05) is 17.3 Å². The highest BCUT2D eigenvalue weighted by Crippen LogP contribution is 2.29. The number of para-hydroxylation sites is 2. The number of aromatic nitrogens is 5. The van der Waals surface area contributed by atoms with Crippen LogP contribution in [-0.4, -0.2) is 30.2 Å². The van der Waals surface area contributed by atoms with Crippen molar-refractivity contribution in [2.45, 2.75) is 19.3 Å². The molecule has 0 fully saturated rings. The number of fused-ring (bicyclic) bond motifs is 2. The second kappa shape index (κ2) is 7.87. The number of carbonyl (C=O) groups is 1. The van der Waals surface area contributed by atoms with Gasteiger partial charge < -0.3 is 5.32 Å². The van der Waals surface area contributed by atoms with E-state index in [-0.39, 0.29) is 11.6 Å². The summed E-state index contributed by atoms with van der Waals surface area (Å²) >= 11 is 0. The van der Waals surface area contributed by atoms with Gasteiger partial charge in [-0.05, 0) is 55.7 Å². The first-order valence-corrected chi connectivity index (χ1v) is 10.8. The number of hydrogen-bond donors (Lipinski definition) is 1. The Labute approximate surface area is 192 Å². The van der Waals surface area contributed by atoms with Crippen molar-refractivity contribution in [1.29, 1.82) is 0 Å². The van der Waals surface area contributed by atoms with Crippen LogP contribution in [0, 0.1) is 11.6 Å². The van der Waals surface area contributed by atoms with Crippen molar-refractivity contribution in [3.05, 3.63) is 95.7 Å². The third-order valence-corrected chi connectivity index (χ3v) is 6.00. The Bertz CT molecular complexity index is 1550. The first-order valence-electron chi connectivity index (χ1n) is 10.8. The van der Waals surface area contributed by atoms with E-state index >= 15 is 0 Å². The van der Waals surface area contributed by atoms with Gasteiger partial charge in [-0.1, -0.05) is 12.1 Å². The molecule has 6 rings (SSSR count). The normalized spacial score (nSPS) is 12.8. The zero-order valence-corrected chi connectivity index (χ0v) is 17.9. The Morgan fingerprint density at radius 3 is 2.68 bits per heavy atom. The van der Waals surface area contributed by atoms with Gasteiger partial charge in [-0.25, -0.2) is 23.4 Å². The zero-order chi connectivity index (χ0) is 23.2. The Morgan fingerprint density at radius 2 is 1.85 bits per heavy atom. The predicted molar refractivity (Wildman–Crippen MR) is 122 cm³/mol. The van der Waals surface area contributed by atoms with Crippen molar-refractivity contribution in [3.8, 4) is 11.5 Å². The molecule has 0 saturated carbocycles. The van der Waals surface area contributed by atoms with E-state index in [9.17, 15) is 13.6 Å². The van der Waals surface area contributed by atoms with Gasteiger partial charge in [0.15, 0.2) is 17.3 Å². The molecule has 0 radical (unpaired) electrons. The van der Waals surface area contributed by atoms with Crippen LogP contribution >= 0.6 is 0 Å². The standard InChI is InChI=1S/C25H18F2N6O/c26-18-10-9-16(12-19(18)27)33-21-7-3-4-17(21)24(31-33)25(34)30-15-8-11-23(28-13-15)32-14-29-20-5-1-2-6-22(20)32/h1-2,5-6,8-14H,3-4,7H2,(H,30,34). The van der Waals surface area contributed by atoms with E-state index in [0.717, 1.165) is 40.8 Å². The molecule has 1 aliphatic carbocycles. The topological polar surface area (TPSA) is 77.6 Å². The van der Waals surface area contributed by atoms with Crippen molar-refractivity contribution in [2.75, 3.05) is 5.32 Å². The van der Waals surface area contributed by atoms with E-state index in [4.69, 9.17) is 0 Å². The highest BCUT2D eigenvalue weighted by atomic mass is 19.2. The third kappa shape index (κ3) is 3.33. The first-order chi connectivity index (χ1) is 16.6. The molecule has 2 aromatic carbocycles. The molecule has 5 aromatic rings. The second-order valence-corrected chi connectivity index (χ2v) is 8.10. The summed E-state index contributed by atoms with van der Waals surface area (Å²) in [5, 5.41) is 7.29. The van der Waals surface area contributed by atoms with E-state index in [0.29, 0.717) is 30.0 Å². The number of amides is 1. The lowest BCUT2D eigenvalue weighted by Gasteiger charge is -2.07. The predicted octanol–water partition coefficient (Wildman–Crippen LogP) is 4.63. The minimum absolute atomic E-state index is 0.280. The van der Waals surface area contributed by atoms with Gasteiger partial charge in [0.1, 0.15) is 12.1 Å². The molecule has 1 N–H and O–H groups in total. The molecule has 7 nitrogen and oxygen atoms in total. The van der Waals surface area contributed by atoms with Crippen LogP contribution in [0.3, 0.4) is 0 Å². The molecule has 9 heteroatoms. The Hall–Kier alpha value is -4.40. The smallest absolute Gasteiger partial charge is 0.276 e. The average Bonchev–Trinajstić information content (AvgIpc) is 3.57. The van der Waals surface area contributed by atoms with Crippen LogP contribution in [0.4, 0.5) is 14.5 Å². The van der Waals surface area contributed by atoms with Crippen molar-refractivity contribution in [1.82, 2.24) is 24.3 Å². The van der Waals surface area contributed by atoms with E-state index < -0.39 is 11.6 Å². The van der Waals surface area contributed by atoms with E-state index in [2.05, 4.69) is 20.4 Å².